The monoisotopic (exact) mass is 340 g/mol. The van der Waals surface area contributed by atoms with Crippen LogP contribution in [0.2, 0.25) is 0 Å². The summed E-state index contributed by atoms with van der Waals surface area (Å²) in [5.74, 6) is 2.69. The Morgan fingerprint density at radius 3 is 2.84 bits per heavy atom. The van der Waals surface area contributed by atoms with Crippen molar-refractivity contribution in [1.29, 1.82) is 0 Å². The Labute approximate surface area is 149 Å². The van der Waals surface area contributed by atoms with Gasteiger partial charge in [0.15, 0.2) is 5.96 Å². The van der Waals surface area contributed by atoms with Gasteiger partial charge in [0.05, 0.1) is 12.6 Å². The molecule has 2 heterocycles. The zero-order chi connectivity index (χ0) is 17.6. The standard InChI is InChI=1S/C19H28N6/c1-4-15-9-6-7-10-16(15)13-21-19(20-5-2)23-17-11-8-12-25-18(17)22-14(3)24-25/h6-7,9-10,17H,4-5,8,11-13H2,1-3H3,(H2,20,21,23). The van der Waals surface area contributed by atoms with E-state index in [1.54, 1.807) is 0 Å². The van der Waals surface area contributed by atoms with Crippen molar-refractivity contribution in [2.45, 2.75) is 59.2 Å². The number of rotatable bonds is 5. The van der Waals surface area contributed by atoms with Crippen LogP contribution in [0.3, 0.4) is 0 Å². The van der Waals surface area contributed by atoms with Crippen LogP contribution in [0.4, 0.5) is 0 Å². The lowest BCUT2D eigenvalue weighted by Gasteiger charge is -2.25. The Balaban J connectivity index is 1.75. The number of fused-ring (bicyclic) bond motifs is 1. The second-order valence-electron chi connectivity index (χ2n) is 6.40. The van der Waals surface area contributed by atoms with E-state index < -0.39 is 0 Å². The summed E-state index contributed by atoms with van der Waals surface area (Å²) >= 11 is 0. The van der Waals surface area contributed by atoms with Gasteiger partial charge in [0.2, 0.25) is 0 Å². The summed E-state index contributed by atoms with van der Waals surface area (Å²) in [6, 6.07) is 8.67. The van der Waals surface area contributed by atoms with Gasteiger partial charge in [0.25, 0.3) is 0 Å². The fraction of sp³-hybridized carbons (Fsp3) is 0.526. The summed E-state index contributed by atoms with van der Waals surface area (Å²) in [5, 5.41) is 11.4. The number of nitrogens with zero attached hydrogens (tertiary/aromatic N) is 4. The Hall–Kier alpha value is -2.37. The average molecular weight is 340 g/mol. The Morgan fingerprint density at radius 2 is 2.08 bits per heavy atom. The van der Waals surface area contributed by atoms with Crippen molar-refractivity contribution in [3.8, 4) is 0 Å². The largest absolute Gasteiger partial charge is 0.357 e. The molecular formula is C19H28N6. The maximum Gasteiger partial charge on any atom is 0.192 e. The van der Waals surface area contributed by atoms with Gasteiger partial charge in [-0.05, 0) is 44.2 Å². The van der Waals surface area contributed by atoms with E-state index in [0.29, 0.717) is 6.54 Å². The zero-order valence-electron chi connectivity index (χ0n) is 15.4. The van der Waals surface area contributed by atoms with Crippen molar-refractivity contribution in [1.82, 2.24) is 25.4 Å². The molecule has 1 aromatic carbocycles. The number of aromatic nitrogens is 3. The third kappa shape index (κ3) is 4.18. The first-order valence-electron chi connectivity index (χ1n) is 9.24. The SMILES string of the molecule is CCNC(=NCc1ccccc1CC)NC1CCCn2nc(C)nc21. The number of hydrogen-bond donors (Lipinski definition) is 2. The molecule has 6 heteroatoms. The van der Waals surface area contributed by atoms with Crippen LogP contribution in [0.5, 0.6) is 0 Å². The van der Waals surface area contributed by atoms with Crippen molar-refractivity contribution >= 4 is 5.96 Å². The summed E-state index contributed by atoms with van der Waals surface area (Å²) in [6.45, 7) is 8.68. The Morgan fingerprint density at radius 1 is 1.28 bits per heavy atom. The molecule has 1 unspecified atom stereocenters. The minimum absolute atomic E-state index is 0.161. The third-order valence-electron chi connectivity index (χ3n) is 4.54. The minimum Gasteiger partial charge on any atom is -0.357 e. The number of aliphatic imine (C=N–C) groups is 1. The molecule has 25 heavy (non-hydrogen) atoms. The molecule has 1 aliphatic rings. The molecule has 0 radical (unpaired) electrons. The van der Waals surface area contributed by atoms with Crippen LogP contribution in [0.1, 0.15) is 55.5 Å². The van der Waals surface area contributed by atoms with Crippen molar-refractivity contribution in [2.75, 3.05) is 6.54 Å². The number of nitrogens with one attached hydrogen (secondary N) is 2. The van der Waals surface area contributed by atoms with E-state index >= 15 is 0 Å². The number of guanidine groups is 1. The highest BCUT2D eigenvalue weighted by atomic mass is 15.4. The van der Waals surface area contributed by atoms with E-state index in [2.05, 4.69) is 58.8 Å². The first-order chi connectivity index (χ1) is 12.2. The highest BCUT2D eigenvalue weighted by molar-refractivity contribution is 5.80. The Kier molecular flexibility index (Phi) is 5.68. The number of aryl methyl sites for hydroxylation is 3. The van der Waals surface area contributed by atoms with Crippen molar-refractivity contribution in [3.05, 3.63) is 47.0 Å². The molecule has 1 aromatic heterocycles. The molecule has 3 rings (SSSR count). The molecule has 0 amide bonds. The van der Waals surface area contributed by atoms with Gasteiger partial charge < -0.3 is 10.6 Å². The molecule has 2 N–H and O–H groups in total. The van der Waals surface area contributed by atoms with E-state index in [9.17, 15) is 0 Å². The maximum atomic E-state index is 4.80. The first kappa shape index (κ1) is 17.5. The van der Waals surface area contributed by atoms with E-state index in [-0.39, 0.29) is 6.04 Å². The lowest BCUT2D eigenvalue weighted by atomic mass is 10.1. The van der Waals surface area contributed by atoms with Crippen molar-refractivity contribution in [2.24, 2.45) is 4.99 Å². The van der Waals surface area contributed by atoms with Gasteiger partial charge in [-0.25, -0.2) is 14.7 Å². The summed E-state index contributed by atoms with van der Waals surface area (Å²) in [6.07, 6.45) is 3.18. The minimum atomic E-state index is 0.161. The van der Waals surface area contributed by atoms with Crippen LogP contribution < -0.4 is 10.6 Å². The molecule has 0 saturated carbocycles. The van der Waals surface area contributed by atoms with Crippen molar-refractivity contribution < 1.29 is 0 Å². The van der Waals surface area contributed by atoms with E-state index in [0.717, 1.165) is 50.0 Å². The van der Waals surface area contributed by atoms with Crippen LogP contribution in [0.15, 0.2) is 29.3 Å². The van der Waals surface area contributed by atoms with Crippen molar-refractivity contribution in [3.63, 3.8) is 0 Å². The molecule has 0 bridgehead atoms. The van der Waals surface area contributed by atoms with Gasteiger partial charge in [-0.15, -0.1) is 0 Å². The molecular weight excluding hydrogens is 312 g/mol. The van der Waals surface area contributed by atoms with Gasteiger partial charge in [-0.1, -0.05) is 31.2 Å². The lowest BCUT2D eigenvalue weighted by Crippen LogP contribution is -2.41. The van der Waals surface area contributed by atoms with Crippen LogP contribution in [0.25, 0.3) is 0 Å². The van der Waals surface area contributed by atoms with Crippen LogP contribution in [0, 0.1) is 6.92 Å². The van der Waals surface area contributed by atoms with Crippen LogP contribution in [-0.4, -0.2) is 27.3 Å². The van der Waals surface area contributed by atoms with Gasteiger partial charge in [0.1, 0.15) is 11.6 Å². The molecule has 1 aliphatic heterocycles. The smallest absolute Gasteiger partial charge is 0.192 e. The third-order valence-corrected chi connectivity index (χ3v) is 4.54. The predicted octanol–water partition coefficient (Wildman–Crippen LogP) is 2.74. The van der Waals surface area contributed by atoms with Crippen LogP contribution >= 0.6 is 0 Å². The van der Waals surface area contributed by atoms with Gasteiger partial charge in [-0.2, -0.15) is 5.10 Å². The van der Waals surface area contributed by atoms with Gasteiger partial charge in [0, 0.05) is 13.1 Å². The van der Waals surface area contributed by atoms with Gasteiger partial charge >= 0.3 is 0 Å². The predicted molar refractivity (Wildman–Crippen MR) is 101 cm³/mol. The molecule has 0 fully saturated rings. The highest BCUT2D eigenvalue weighted by Gasteiger charge is 2.24. The quantitative estimate of drug-likeness (QED) is 0.649. The fourth-order valence-electron chi connectivity index (χ4n) is 3.31. The second kappa shape index (κ2) is 8.14. The van der Waals surface area contributed by atoms with E-state index in [1.807, 2.05) is 11.6 Å². The molecule has 6 nitrogen and oxygen atoms in total. The number of hydrogen-bond acceptors (Lipinski definition) is 3. The molecule has 0 spiro atoms. The molecule has 134 valence electrons. The Bertz CT molecular complexity index is 733. The molecule has 0 aliphatic carbocycles. The average Bonchev–Trinajstić information content (AvgIpc) is 3.01. The van der Waals surface area contributed by atoms with E-state index in [4.69, 9.17) is 4.99 Å². The second-order valence-corrected chi connectivity index (χ2v) is 6.40. The van der Waals surface area contributed by atoms with Crippen LogP contribution in [-0.2, 0) is 19.5 Å². The zero-order valence-corrected chi connectivity index (χ0v) is 15.4. The number of benzene rings is 1. The summed E-state index contributed by atoms with van der Waals surface area (Å²) in [4.78, 5) is 9.40. The summed E-state index contributed by atoms with van der Waals surface area (Å²) < 4.78 is 2.02. The topological polar surface area (TPSA) is 67.1 Å². The highest BCUT2D eigenvalue weighted by Crippen LogP contribution is 2.22. The lowest BCUT2D eigenvalue weighted by molar-refractivity contribution is 0.397. The molecule has 2 aromatic rings. The summed E-state index contributed by atoms with van der Waals surface area (Å²) in [5.41, 5.74) is 2.64. The van der Waals surface area contributed by atoms with E-state index in [1.165, 1.54) is 11.1 Å². The first-order valence-corrected chi connectivity index (χ1v) is 9.24. The summed E-state index contributed by atoms with van der Waals surface area (Å²) in [7, 11) is 0. The normalized spacial score (nSPS) is 17.2. The molecule has 0 saturated heterocycles. The fourth-order valence-corrected chi connectivity index (χ4v) is 3.31. The van der Waals surface area contributed by atoms with Gasteiger partial charge in [-0.3, -0.25) is 0 Å². The maximum absolute atomic E-state index is 4.80. The molecule has 1 atom stereocenters.